The van der Waals surface area contributed by atoms with Crippen LogP contribution in [0, 0.1) is 26.2 Å². The molecule has 4 heterocycles. The van der Waals surface area contributed by atoms with Crippen molar-refractivity contribution in [3.63, 3.8) is 0 Å². The smallest absolute Gasteiger partial charge is 0.433 e. The average molecular weight is 521 g/mol. The SMILES string of the molecule is C#C/C=C(/OC)c1nc(-c2c(-c3conc3C)nc3c(-c4ccccc4)c(C(F)(F)F)[nH]n3c2=O)oc1C. The minimum Gasteiger partial charge on any atom is -0.494 e. The second-order valence-corrected chi connectivity index (χ2v) is 8.14. The number of aromatic nitrogens is 5. The van der Waals surface area contributed by atoms with Gasteiger partial charge in [0.25, 0.3) is 5.56 Å². The van der Waals surface area contributed by atoms with E-state index in [0.29, 0.717) is 5.69 Å². The standard InChI is InChI=1S/C26H18F3N5O4/c1-5-9-17(36-4)20-14(3)38-24(31-20)19-21(16-12-37-33-13(16)2)30-23-18(15-10-7-6-8-11-15)22(26(27,28)29)32-34(23)25(19)35/h1,6-12,32H,2-4H3/b17-9+. The molecule has 12 heteroatoms. The summed E-state index contributed by atoms with van der Waals surface area (Å²) in [5, 5.41) is 6.03. The van der Waals surface area contributed by atoms with Crippen LogP contribution < -0.4 is 5.56 Å². The summed E-state index contributed by atoms with van der Waals surface area (Å²) in [5.74, 6) is 2.58. The fourth-order valence-corrected chi connectivity index (χ4v) is 4.09. The summed E-state index contributed by atoms with van der Waals surface area (Å²) in [6.45, 7) is 3.18. The minimum atomic E-state index is -4.82. The molecule has 0 spiro atoms. The number of halogens is 3. The molecule has 0 saturated carbocycles. The lowest BCUT2D eigenvalue weighted by Gasteiger charge is -2.08. The summed E-state index contributed by atoms with van der Waals surface area (Å²) in [5.41, 5.74) is -1.75. The number of aromatic amines is 1. The number of nitrogens with zero attached hydrogens (tertiary/aromatic N) is 4. The number of alkyl halides is 3. The van der Waals surface area contributed by atoms with Gasteiger partial charge in [0, 0.05) is 6.08 Å². The van der Waals surface area contributed by atoms with Crippen molar-refractivity contribution in [3.05, 3.63) is 75.9 Å². The van der Waals surface area contributed by atoms with Gasteiger partial charge in [-0.2, -0.15) is 17.7 Å². The molecule has 0 aliphatic carbocycles. The van der Waals surface area contributed by atoms with Crippen molar-refractivity contribution < 1.29 is 26.8 Å². The molecule has 0 unspecified atom stereocenters. The molecule has 5 rings (SSSR count). The predicted octanol–water partition coefficient (Wildman–Crippen LogP) is 5.26. The zero-order chi connectivity index (χ0) is 27.2. The molecule has 0 aliphatic rings. The van der Waals surface area contributed by atoms with Crippen molar-refractivity contribution in [3.8, 4) is 46.2 Å². The van der Waals surface area contributed by atoms with Crippen molar-refractivity contribution in [2.75, 3.05) is 7.11 Å². The Kier molecular flexibility index (Phi) is 5.91. The van der Waals surface area contributed by atoms with Gasteiger partial charge in [0.15, 0.2) is 11.4 Å². The number of allylic oxidation sites excluding steroid dienone is 1. The van der Waals surface area contributed by atoms with Crippen LogP contribution in [0.3, 0.4) is 0 Å². The van der Waals surface area contributed by atoms with Gasteiger partial charge in [0.1, 0.15) is 29.0 Å². The van der Waals surface area contributed by atoms with Crippen molar-refractivity contribution in [2.45, 2.75) is 20.0 Å². The van der Waals surface area contributed by atoms with Gasteiger partial charge in [-0.15, -0.1) is 6.42 Å². The molecule has 5 aromatic rings. The molecular weight excluding hydrogens is 503 g/mol. The second kappa shape index (κ2) is 9.11. The highest BCUT2D eigenvalue weighted by atomic mass is 19.4. The Morgan fingerprint density at radius 2 is 1.92 bits per heavy atom. The van der Waals surface area contributed by atoms with E-state index in [-0.39, 0.29) is 56.7 Å². The lowest BCUT2D eigenvalue weighted by Crippen LogP contribution is -2.20. The van der Waals surface area contributed by atoms with E-state index in [1.165, 1.54) is 31.6 Å². The number of benzene rings is 1. The molecule has 192 valence electrons. The monoisotopic (exact) mass is 521 g/mol. The fourth-order valence-electron chi connectivity index (χ4n) is 4.09. The number of ether oxygens (including phenoxy) is 1. The molecule has 0 amide bonds. The van der Waals surface area contributed by atoms with Crippen molar-refractivity contribution >= 4 is 11.4 Å². The Morgan fingerprint density at radius 3 is 2.53 bits per heavy atom. The topological polar surface area (TPSA) is 111 Å². The zero-order valence-electron chi connectivity index (χ0n) is 20.2. The van der Waals surface area contributed by atoms with E-state index >= 15 is 0 Å². The van der Waals surface area contributed by atoms with E-state index in [9.17, 15) is 18.0 Å². The van der Waals surface area contributed by atoms with E-state index in [1.807, 2.05) is 0 Å². The normalized spacial score (nSPS) is 12.2. The molecule has 0 atom stereocenters. The molecule has 9 nitrogen and oxygen atoms in total. The molecule has 0 fully saturated rings. The van der Waals surface area contributed by atoms with Gasteiger partial charge >= 0.3 is 6.18 Å². The maximum atomic E-state index is 14.2. The number of oxazole rings is 1. The van der Waals surface area contributed by atoms with Crippen LogP contribution in [-0.4, -0.2) is 31.8 Å². The molecule has 0 bridgehead atoms. The zero-order valence-corrected chi connectivity index (χ0v) is 20.2. The maximum absolute atomic E-state index is 14.2. The van der Waals surface area contributed by atoms with Gasteiger partial charge in [-0.1, -0.05) is 41.4 Å². The largest absolute Gasteiger partial charge is 0.494 e. The average Bonchev–Trinajstić information content (AvgIpc) is 3.59. The molecule has 1 aromatic carbocycles. The second-order valence-electron chi connectivity index (χ2n) is 8.14. The number of fused-ring (bicyclic) bond motifs is 1. The number of hydrogen-bond acceptors (Lipinski definition) is 7. The summed E-state index contributed by atoms with van der Waals surface area (Å²) in [6, 6.07) is 7.84. The Morgan fingerprint density at radius 1 is 1.18 bits per heavy atom. The van der Waals surface area contributed by atoms with Crippen LogP contribution in [0.4, 0.5) is 13.2 Å². The van der Waals surface area contributed by atoms with E-state index in [1.54, 1.807) is 32.0 Å². The first-order valence-corrected chi connectivity index (χ1v) is 11.1. The first-order chi connectivity index (χ1) is 18.2. The summed E-state index contributed by atoms with van der Waals surface area (Å²) >= 11 is 0. The van der Waals surface area contributed by atoms with Gasteiger partial charge in [-0.05, 0) is 19.4 Å². The van der Waals surface area contributed by atoms with Crippen LogP contribution in [0.1, 0.15) is 22.8 Å². The van der Waals surface area contributed by atoms with Crippen molar-refractivity contribution in [2.24, 2.45) is 0 Å². The lowest BCUT2D eigenvalue weighted by molar-refractivity contribution is -0.140. The summed E-state index contributed by atoms with van der Waals surface area (Å²) in [4.78, 5) is 22.8. The third-order valence-electron chi connectivity index (χ3n) is 5.81. The number of nitrogens with one attached hydrogen (secondary N) is 1. The highest BCUT2D eigenvalue weighted by Gasteiger charge is 2.39. The van der Waals surface area contributed by atoms with Crippen LogP contribution in [0.15, 0.2) is 56.4 Å². The molecule has 0 saturated heterocycles. The van der Waals surface area contributed by atoms with Crippen LogP contribution >= 0.6 is 0 Å². The number of hydrogen-bond donors (Lipinski definition) is 1. The number of terminal acetylenes is 1. The molecule has 1 N–H and O–H groups in total. The van der Waals surface area contributed by atoms with Crippen LogP contribution in [0.2, 0.25) is 0 Å². The highest BCUT2D eigenvalue weighted by Crippen LogP contribution is 2.40. The maximum Gasteiger partial charge on any atom is 0.433 e. The molecular formula is C26H18F3N5O4. The Balaban J connectivity index is 1.91. The fraction of sp³-hybridized carbons (Fsp3) is 0.154. The quantitative estimate of drug-likeness (QED) is 0.248. The minimum absolute atomic E-state index is 0.0219. The number of aryl methyl sites for hydroxylation is 2. The predicted molar refractivity (Wildman–Crippen MR) is 131 cm³/mol. The van der Waals surface area contributed by atoms with Gasteiger partial charge in [-0.25, -0.2) is 9.97 Å². The Bertz CT molecular complexity index is 1800. The molecule has 4 aromatic heterocycles. The van der Waals surface area contributed by atoms with Gasteiger partial charge in [-0.3, -0.25) is 9.89 Å². The third-order valence-corrected chi connectivity index (χ3v) is 5.81. The molecule has 38 heavy (non-hydrogen) atoms. The van der Waals surface area contributed by atoms with E-state index in [2.05, 4.69) is 26.1 Å². The molecule has 0 radical (unpaired) electrons. The van der Waals surface area contributed by atoms with Crippen molar-refractivity contribution in [1.29, 1.82) is 0 Å². The first-order valence-electron chi connectivity index (χ1n) is 11.1. The van der Waals surface area contributed by atoms with Gasteiger partial charge in [0.05, 0.1) is 29.6 Å². The van der Waals surface area contributed by atoms with E-state index in [4.69, 9.17) is 20.1 Å². The Hall–Kier alpha value is -5.05. The number of rotatable bonds is 5. The first kappa shape index (κ1) is 24.6. The highest BCUT2D eigenvalue weighted by molar-refractivity contribution is 5.85. The van der Waals surface area contributed by atoms with E-state index in [0.717, 1.165) is 4.52 Å². The summed E-state index contributed by atoms with van der Waals surface area (Å²) < 4.78 is 59.3. The number of methoxy groups -OCH3 is 1. The van der Waals surface area contributed by atoms with Crippen LogP contribution in [0.5, 0.6) is 0 Å². The van der Waals surface area contributed by atoms with Gasteiger partial charge in [0.2, 0.25) is 5.89 Å². The third kappa shape index (κ3) is 3.94. The van der Waals surface area contributed by atoms with Crippen LogP contribution in [0.25, 0.3) is 45.2 Å². The van der Waals surface area contributed by atoms with Crippen molar-refractivity contribution in [1.82, 2.24) is 24.7 Å². The van der Waals surface area contributed by atoms with Crippen LogP contribution in [-0.2, 0) is 10.9 Å². The Labute approximate surface area is 212 Å². The number of H-pyrrole nitrogens is 1. The van der Waals surface area contributed by atoms with Gasteiger partial charge < -0.3 is 13.7 Å². The lowest BCUT2D eigenvalue weighted by atomic mass is 10.0. The summed E-state index contributed by atoms with van der Waals surface area (Å²) in [6.07, 6.45) is 3.10. The van der Waals surface area contributed by atoms with E-state index < -0.39 is 17.4 Å². The summed E-state index contributed by atoms with van der Waals surface area (Å²) in [7, 11) is 1.38. The molecule has 0 aliphatic heterocycles.